The number of carbonyl (C=O) groups excluding carboxylic acids is 2. The molecular formula is C29H33ClN2O4. The number of ether oxygens (including phenoxy) is 2. The normalized spacial score (nSPS) is 12.3. The third-order valence-electron chi connectivity index (χ3n) is 5.96. The van der Waals surface area contributed by atoms with Gasteiger partial charge in [0.25, 0.3) is 5.91 Å². The lowest BCUT2D eigenvalue weighted by Crippen LogP contribution is -2.53. The summed E-state index contributed by atoms with van der Waals surface area (Å²) in [6.45, 7) is 3.95. The van der Waals surface area contributed by atoms with E-state index in [-0.39, 0.29) is 31.0 Å². The number of hydrogen-bond donors (Lipinski definition) is 1. The van der Waals surface area contributed by atoms with E-state index in [2.05, 4.69) is 5.32 Å². The summed E-state index contributed by atoms with van der Waals surface area (Å²) in [6, 6.07) is 23.4. The summed E-state index contributed by atoms with van der Waals surface area (Å²) in [7, 11) is 1.55. The molecule has 3 rings (SSSR count). The molecule has 0 spiro atoms. The van der Waals surface area contributed by atoms with Crippen molar-refractivity contribution in [3.63, 3.8) is 0 Å². The van der Waals surface area contributed by atoms with Gasteiger partial charge in [0, 0.05) is 24.0 Å². The van der Waals surface area contributed by atoms with Crippen molar-refractivity contribution in [1.82, 2.24) is 10.2 Å². The predicted octanol–water partition coefficient (Wildman–Crippen LogP) is 5.28. The van der Waals surface area contributed by atoms with Crippen LogP contribution in [-0.4, -0.2) is 42.5 Å². The average Bonchev–Trinajstić information content (AvgIpc) is 2.90. The highest BCUT2D eigenvalue weighted by molar-refractivity contribution is 6.30. The second kappa shape index (κ2) is 13.5. The molecule has 3 aromatic rings. The zero-order chi connectivity index (χ0) is 25.9. The lowest BCUT2D eigenvalue weighted by Gasteiger charge is -2.32. The molecular weight excluding hydrogens is 476 g/mol. The van der Waals surface area contributed by atoms with Crippen LogP contribution in [-0.2, 0) is 22.6 Å². The number of halogens is 1. The predicted molar refractivity (Wildman–Crippen MR) is 142 cm³/mol. The summed E-state index contributed by atoms with van der Waals surface area (Å²) in [5.74, 6) is 0.484. The van der Waals surface area contributed by atoms with Gasteiger partial charge in [-0.25, -0.2) is 0 Å². The van der Waals surface area contributed by atoms with Gasteiger partial charge in [0.05, 0.1) is 7.11 Å². The van der Waals surface area contributed by atoms with E-state index in [0.717, 1.165) is 17.5 Å². The van der Waals surface area contributed by atoms with Gasteiger partial charge in [-0.15, -0.1) is 0 Å². The van der Waals surface area contributed by atoms with Gasteiger partial charge in [-0.2, -0.15) is 0 Å². The first kappa shape index (κ1) is 27.1. The number of amides is 2. The van der Waals surface area contributed by atoms with Crippen LogP contribution in [0.15, 0.2) is 78.9 Å². The fourth-order valence-electron chi connectivity index (χ4n) is 3.74. The molecule has 0 bridgehead atoms. The van der Waals surface area contributed by atoms with Crippen LogP contribution in [0.25, 0.3) is 0 Å². The quantitative estimate of drug-likeness (QED) is 0.361. The first-order valence-corrected chi connectivity index (χ1v) is 12.4. The number of rotatable bonds is 12. The Balaban J connectivity index is 1.92. The molecule has 0 aromatic heterocycles. The summed E-state index contributed by atoms with van der Waals surface area (Å²) in [5, 5.41) is 3.66. The van der Waals surface area contributed by atoms with Crippen LogP contribution in [0.3, 0.4) is 0 Å². The van der Waals surface area contributed by atoms with Gasteiger partial charge in [0.1, 0.15) is 6.04 Å². The van der Waals surface area contributed by atoms with Gasteiger partial charge in [-0.3, -0.25) is 9.59 Å². The zero-order valence-corrected chi connectivity index (χ0v) is 21.7. The van der Waals surface area contributed by atoms with Crippen molar-refractivity contribution in [2.24, 2.45) is 0 Å². The Kier molecular flexibility index (Phi) is 10.2. The molecule has 0 unspecified atom stereocenters. The molecule has 7 heteroatoms. The zero-order valence-electron chi connectivity index (χ0n) is 20.9. The number of benzene rings is 3. The molecule has 0 radical (unpaired) electrons. The number of para-hydroxylation sites is 2. The van der Waals surface area contributed by atoms with Crippen molar-refractivity contribution in [3.05, 3.63) is 95.0 Å². The third-order valence-corrected chi connectivity index (χ3v) is 6.21. The highest BCUT2D eigenvalue weighted by Crippen LogP contribution is 2.26. The van der Waals surface area contributed by atoms with Crippen LogP contribution in [0, 0.1) is 0 Å². The van der Waals surface area contributed by atoms with Crippen LogP contribution >= 0.6 is 11.6 Å². The Labute approximate surface area is 218 Å². The lowest BCUT2D eigenvalue weighted by atomic mass is 10.0. The molecule has 0 aliphatic carbocycles. The van der Waals surface area contributed by atoms with E-state index in [1.165, 1.54) is 0 Å². The Bertz CT molecular complexity index is 1120. The Hall–Kier alpha value is -3.51. The van der Waals surface area contributed by atoms with Gasteiger partial charge in [0.15, 0.2) is 18.1 Å². The molecule has 0 heterocycles. The Morgan fingerprint density at radius 2 is 1.56 bits per heavy atom. The Morgan fingerprint density at radius 1 is 0.917 bits per heavy atom. The van der Waals surface area contributed by atoms with E-state index in [0.29, 0.717) is 22.9 Å². The van der Waals surface area contributed by atoms with E-state index in [1.54, 1.807) is 36.3 Å². The first-order valence-electron chi connectivity index (χ1n) is 12.0. The van der Waals surface area contributed by atoms with Gasteiger partial charge in [0.2, 0.25) is 5.91 Å². The SMILES string of the molecule is CC[C@H](C)NC(=O)[C@H](Cc1ccccc1)N(Cc1ccc(Cl)cc1)C(=O)COc1ccccc1OC. The van der Waals surface area contributed by atoms with Gasteiger partial charge >= 0.3 is 0 Å². The fraction of sp³-hybridized carbons (Fsp3) is 0.310. The number of nitrogens with one attached hydrogen (secondary N) is 1. The number of methoxy groups -OCH3 is 1. The summed E-state index contributed by atoms with van der Waals surface area (Å²) < 4.78 is 11.2. The molecule has 6 nitrogen and oxygen atoms in total. The van der Waals surface area contributed by atoms with E-state index >= 15 is 0 Å². The van der Waals surface area contributed by atoms with Crippen molar-refractivity contribution in [2.45, 2.75) is 45.3 Å². The molecule has 0 fully saturated rings. The highest BCUT2D eigenvalue weighted by atomic mass is 35.5. The molecule has 3 aromatic carbocycles. The lowest BCUT2D eigenvalue weighted by molar-refractivity contribution is -0.143. The molecule has 2 atom stereocenters. The number of hydrogen-bond acceptors (Lipinski definition) is 4. The van der Waals surface area contributed by atoms with Crippen LogP contribution in [0.1, 0.15) is 31.4 Å². The number of carbonyl (C=O) groups is 2. The topological polar surface area (TPSA) is 67.9 Å². The molecule has 190 valence electrons. The van der Waals surface area contributed by atoms with E-state index < -0.39 is 6.04 Å². The molecule has 1 N–H and O–H groups in total. The van der Waals surface area contributed by atoms with Crippen LogP contribution in [0.4, 0.5) is 0 Å². The minimum Gasteiger partial charge on any atom is -0.493 e. The molecule has 36 heavy (non-hydrogen) atoms. The largest absolute Gasteiger partial charge is 0.493 e. The van der Waals surface area contributed by atoms with Crippen LogP contribution < -0.4 is 14.8 Å². The minimum absolute atomic E-state index is 0.0203. The van der Waals surface area contributed by atoms with Crippen molar-refractivity contribution in [2.75, 3.05) is 13.7 Å². The average molecular weight is 509 g/mol. The second-order valence-electron chi connectivity index (χ2n) is 8.61. The molecule has 0 saturated heterocycles. The maximum atomic E-state index is 13.6. The standard InChI is InChI=1S/C29H33ClN2O4/c1-4-21(2)31-29(34)25(18-22-10-6-5-7-11-22)32(19-23-14-16-24(30)17-15-23)28(33)20-36-27-13-9-8-12-26(27)35-3/h5-17,21,25H,4,18-20H2,1-3H3,(H,31,34)/t21-,25-/m0/s1. The summed E-state index contributed by atoms with van der Waals surface area (Å²) >= 11 is 6.07. The van der Waals surface area contributed by atoms with Gasteiger partial charge in [-0.1, -0.05) is 73.1 Å². The Morgan fingerprint density at radius 3 is 2.19 bits per heavy atom. The number of nitrogens with zero attached hydrogens (tertiary/aromatic N) is 1. The van der Waals surface area contributed by atoms with Crippen molar-refractivity contribution >= 4 is 23.4 Å². The fourth-order valence-corrected chi connectivity index (χ4v) is 3.87. The van der Waals surface area contributed by atoms with Crippen LogP contribution in [0.5, 0.6) is 11.5 Å². The maximum absolute atomic E-state index is 13.6. The summed E-state index contributed by atoms with van der Waals surface area (Å²) in [5.41, 5.74) is 1.82. The molecule has 0 saturated carbocycles. The van der Waals surface area contributed by atoms with E-state index in [9.17, 15) is 9.59 Å². The van der Waals surface area contributed by atoms with Crippen molar-refractivity contribution in [3.8, 4) is 11.5 Å². The third kappa shape index (κ3) is 7.75. The molecule has 0 aliphatic heterocycles. The van der Waals surface area contributed by atoms with Gasteiger partial charge < -0.3 is 19.7 Å². The highest BCUT2D eigenvalue weighted by Gasteiger charge is 2.31. The summed E-state index contributed by atoms with van der Waals surface area (Å²) in [4.78, 5) is 28.7. The summed E-state index contributed by atoms with van der Waals surface area (Å²) in [6.07, 6.45) is 1.16. The van der Waals surface area contributed by atoms with Crippen LogP contribution in [0.2, 0.25) is 5.02 Å². The van der Waals surface area contributed by atoms with E-state index in [1.807, 2.05) is 68.4 Å². The monoisotopic (exact) mass is 508 g/mol. The first-order chi connectivity index (χ1) is 17.4. The van der Waals surface area contributed by atoms with Crippen molar-refractivity contribution in [1.29, 1.82) is 0 Å². The van der Waals surface area contributed by atoms with E-state index in [4.69, 9.17) is 21.1 Å². The second-order valence-corrected chi connectivity index (χ2v) is 9.05. The van der Waals surface area contributed by atoms with Crippen molar-refractivity contribution < 1.29 is 19.1 Å². The smallest absolute Gasteiger partial charge is 0.261 e. The molecule has 0 aliphatic rings. The minimum atomic E-state index is -0.731. The maximum Gasteiger partial charge on any atom is 0.261 e. The molecule has 2 amide bonds. The van der Waals surface area contributed by atoms with Gasteiger partial charge in [-0.05, 0) is 48.7 Å².